The van der Waals surface area contributed by atoms with Crippen molar-refractivity contribution < 1.29 is 19.1 Å². The van der Waals surface area contributed by atoms with E-state index >= 15 is 0 Å². The van der Waals surface area contributed by atoms with Crippen LogP contribution in [0.1, 0.15) is 32.1 Å². The van der Waals surface area contributed by atoms with Crippen LogP contribution in [-0.4, -0.2) is 98.0 Å². The zero-order valence-corrected chi connectivity index (χ0v) is 21.3. The summed E-state index contributed by atoms with van der Waals surface area (Å²) in [7, 11) is 1.69. The molecule has 0 radical (unpaired) electrons. The molecule has 1 N–H and O–H groups in total. The van der Waals surface area contributed by atoms with Crippen molar-refractivity contribution >= 4 is 23.4 Å². The number of hydrogen-bond donors (Lipinski definition) is 1. The molecule has 1 saturated carbocycles. The molecule has 3 amide bonds. The van der Waals surface area contributed by atoms with Gasteiger partial charge in [-0.3, -0.25) is 14.4 Å². The third-order valence-electron chi connectivity index (χ3n) is 8.35. The molecule has 0 bridgehead atoms. The minimum absolute atomic E-state index is 0.0208. The van der Waals surface area contributed by atoms with E-state index in [1.54, 1.807) is 12.1 Å². The van der Waals surface area contributed by atoms with Crippen molar-refractivity contribution in [3.63, 3.8) is 0 Å². The lowest BCUT2D eigenvalue weighted by Crippen LogP contribution is -2.60. The van der Waals surface area contributed by atoms with E-state index in [2.05, 4.69) is 10.3 Å². The lowest BCUT2D eigenvalue weighted by molar-refractivity contribution is -0.146. The van der Waals surface area contributed by atoms with Crippen LogP contribution in [0.2, 0.25) is 0 Å². The number of amides is 3. The second-order valence-electron chi connectivity index (χ2n) is 10.6. The number of hydrazine groups is 1. The van der Waals surface area contributed by atoms with Crippen molar-refractivity contribution in [2.45, 2.75) is 38.1 Å². The predicted octanol–water partition coefficient (Wildman–Crippen LogP) is 1.35. The maximum absolute atomic E-state index is 13.9. The van der Waals surface area contributed by atoms with Crippen LogP contribution in [0, 0.1) is 17.8 Å². The monoisotopic (exact) mass is 497 g/mol. The molecule has 4 fully saturated rings. The van der Waals surface area contributed by atoms with Crippen molar-refractivity contribution in [2.24, 2.45) is 17.8 Å². The Balaban J connectivity index is 1.27. The molecule has 3 atom stereocenters. The fourth-order valence-corrected chi connectivity index (χ4v) is 6.37. The molecule has 0 aromatic heterocycles. The molecule has 196 valence electrons. The summed E-state index contributed by atoms with van der Waals surface area (Å²) in [4.78, 5) is 46.3. The molecule has 3 saturated heterocycles. The standard InChI is InChI=1S/C27H39N5O4/c1-36-17-7-12-29-18-22(24-23(19-29)27(35)32(28-24)21-10-3-2-4-11-21)26(34)31-15-13-30(14-16-31)25(33)20-8-5-6-9-20/h2-4,10-11,20,22-24,28H,5-9,12-19H2,1H3. The van der Waals surface area contributed by atoms with E-state index in [0.717, 1.165) is 44.3 Å². The summed E-state index contributed by atoms with van der Waals surface area (Å²) < 4.78 is 5.23. The summed E-state index contributed by atoms with van der Waals surface area (Å²) in [6.07, 6.45) is 5.15. The van der Waals surface area contributed by atoms with Crippen LogP contribution in [0.4, 0.5) is 5.69 Å². The first-order chi connectivity index (χ1) is 17.6. The Morgan fingerprint density at radius 1 is 0.972 bits per heavy atom. The Hall–Kier alpha value is -2.49. The number of para-hydroxylation sites is 1. The molecule has 1 aromatic rings. The van der Waals surface area contributed by atoms with E-state index in [1.807, 2.05) is 40.1 Å². The normalized spacial score (nSPS) is 27.5. The number of hydrogen-bond acceptors (Lipinski definition) is 6. The van der Waals surface area contributed by atoms with Gasteiger partial charge in [-0.1, -0.05) is 31.0 Å². The number of piperazine rings is 1. The van der Waals surface area contributed by atoms with Crippen molar-refractivity contribution in [1.82, 2.24) is 20.1 Å². The van der Waals surface area contributed by atoms with Gasteiger partial charge in [-0.2, -0.15) is 0 Å². The van der Waals surface area contributed by atoms with Gasteiger partial charge in [-0.25, -0.2) is 10.4 Å². The molecule has 4 aliphatic rings. The highest BCUT2D eigenvalue weighted by molar-refractivity contribution is 5.98. The topological polar surface area (TPSA) is 85.4 Å². The van der Waals surface area contributed by atoms with Crippen LogP contribution in [0.25, 0.3) is 0 Å². The first-order valence-corrected chi connectivity index (χ1v) is 13.5. The van der Waals surface area contributed by atoms with Gasteiger partial charge in [0.15, 0.2) is 0 Å². The zero-order valence-electron chi connectivity index (χ0n) is 21.3. The van der Waals surface area contributed by atoms with E-state index < -0.39 is 0 Å². The number of benzene rings is 1. The van der Waals surface area contributed by atoms with Gasteiger partial charge < -0.3 is 19.4 Å². The van der Waals surface area contributed by atoms with Gasteiger partial charge in [0.1, 0.15) is 0 Å². The Morgan fingerprint density at radius 2 is 1.64 bits per heavy atom. The van der Waals surface area contributed by atoms with Crippen molar-refractivity contribution in [2.75, 3.05) is 64.5 Å². The molecule has 5 rings (SSSR count). The zero-order chi connectivity index (χ0) is 25.1. The summed E-state index contributed by atoms with van der Waals surface area (Å²) in [6, 6.07) is 9.35. The Labute approximate surface area is 213 Å². The number of fused-ring (bicyclic) bond motifs is 1. The summed E-state index contributed by atoms with van der Waals surface area (Å²) in [6.45, 7) is 5.02. The number of ether oxygens (including phenoxy) is 1. The van der Waals surface area contributed by atoms with Crippen molar-refractivity contribution in [3.05, 3.63) is 30.3 Å². The quantitative estimate of drug-likeness (QED) is 0.573. The van der Waals surface area contributed by atoms with E-state index in [4.69, 9.17) is 4.74 Å². The van der Waals surface area contributed by atoms with Crippen molar-refractivity contribution in [1.29, 1.82) is 0 Å². The number of carbonyl (C=O) groups is 3. The summed E-state index contributed by atoms with van der Waals surface area (Å²) in [5.74, 6) is -0.0494. The largest absolute Gasteiger partial charge is 0.385 e. The minimum Gasteiger partial charge on any atom is -0.385 e. The van der Waals surface area contributed by atoms with Crippen LogP contribution in [0.3, 0.4) is 0 Å². The number of nitrogens with zero attached hydrogens (tertiary/aromatic N) is 4. The summed E-state index contributed by atoms with van der Waals surface area (Å²) >= 11 is 0. The van der Waals surface area contributed by atoms with Gasteiger partial charge in [-0.15, -0.1) is 0 Å². The molecule has 3 unspecified atom stereocenters. The molecule has 1 aliphatic carbocycles. The molecule has 1 aromatic carbocycles. The SMILES string of the molecule is COCCCN1CC(C(=O)N2CCN(C(=O)C3CCCC3)CC2)C2NN(c3ccccc3)C(=O)C2C1. The van der Waals surface area contributed by atoms with Crippen molar-refractivity contribution in [3.8, 4) is 0 Å². The van der Waals surface area contributed by atoms with Crippen LogP contribution >= 0.6 is 0 Å². The highest BCUT2D eigenvalue weighted by Gasteiger charge is 2.51. The molecule has 36 heavy (non-hydrogen) atoms. The maximum Gasteiger partial charge on any atom is 0.247 e. The van der Waals surface area contributed by atoms with Gasteiger partial charge in [0.05, 0.1) is 23.6 Å². The van der Waals surface area contributed by atoms with Crippen LogP contribution in [0.15, 0.2) is 30.3 Å². The number of methoxy groups -OCH3 is 1. The molecular formula is C27H39N5O4. The fourth-order valence-electron chi connectivity index (χ4n) is 6.37. The average molecular weight is 498 g/mol. The first kappa shape index (κ1) is 25.2. The maximum atomic E-state index is 13.9. The lowest BCUT2D eigenvalue weighted by atomic mass is 9.83. The van der Waals surface area contributed by atoms with Gasteiger partial charge in [-0.05, 0) is 31.4 Å². The van der Waals surface area contributed by atoms with Gasteiger partial charge in [0, 0.05) is 65.4 Å². The number of nitrogens with one attached hydrogen (secondary N) is 1. The Morgan fingerprint density at radius 3 is 2.31 bits per heavy atom. The molecular weight excluding hydrogens is 458 g/mol. The second-order valence-corrected chi connectivity index (χ2v) is 10.6. The number of likely N-dealkylation sites (tertiary alicyclic amines) is 1. The predicted molar refractivity (Wildman–Crippen MR) is 136 cm³/mol. The van der Waals surface area contributed by atoms with Gasteiger partial charge >= 0.3 is 0 Å². The molecule has 3 aliphatic heterocycles. The lowest BCUT2D eigenvalue weighted by Gasteiger charge is -2.42. The highest BCUT2D eigenvalue weighted by atomic mass is 16.5. The first-order valence-electron chi connectivity index (χ1n) is 13.5. The average Bonchev–Trinajstić information content (AvgIpc) is 3.57. The van der Waals surface area contributed by atoms with E-state index in [0.29, 0.717) is 45.9 Å². The molecule has 9 nitrogen and oxygen atoms in total. The van der Waals surface area contributed by atoms with Gasteiger partial charge in [0.2, 0.25) is 17.7 Å². The smallest absolute Gasteiger partial charge is 0.247 e. The number of piperidine rings is 1. The van der Waals surface area contributed by atoms with E-state index in [1.165, 1.54) is 0 Å². The fraction of sp³-hybridized carbons (Fsp3) is 0.667. The van der Waals surface area contributed by atoms with E-state index in [9.17, 15) is 14.4 Å². The molecule has 9 heteroatoms. The Kier molecular flexibility index (Phi) is 7.88. The van der Waals surface area contributed by atoms with Gasteiger partial charge in [0.25, 0.3) is 0 Å². The molecule has 3 heterocycles. The highest BCUT2D eigenvalue weighted by Crippen LogP contribution is 2.33. The third kappa shape index (κ3) is 5.14. The van der Waals surface area contributed by atoms with Crippen LogP contribution in [-0.2, 0) is 19.1 Å². The Bertz CT molecular complexity index is 929. The number of rotatable bonds is 7. The van der Waals surface area contributed by atoms with Crippen LogP contribution in [0.5, 0.6) is 0 Å². The number of carbonyl (C=O) groups excluding carboxylic acids is 3. The number of anilines is 1. The third-order valence-corrected chi connectivity index (χ3v) is 8.35. The molecule has 0 spiro atoms. The van der Waals surface area contributed by atoms with Crippen LogP contribution < -0.4 is 10.4 Å². The van der Waals surface area contributed by atoms with E-state index in [-0.39, 0.29) is 41.5 Å². The summed E-state index contributed by atoms with van der Waals surface area (Å²) in [5.41, 5.74) is 4.20. The summed E-state index contributed by atoms with van der Waals surface area (Å²) in [5, 5.41) is 1.63. The minimum atomic E-state index is -0.318. The second kappa shape index (κ2) is 11.3.